The third-order valence-corrected chi connectivity index (χ3v) is 1.78. The zero-order chi connectivity index (χ0) is 10.7. The van der Waals surface area contributed by atoms with Crippen LogP contribution in [0.15, 0.2) is 30.7 Å². The van der Waals surface area contributed by atoms with E-state index in [2.05, 4.69) is 20.3 Å². The Labute approximate surface area is 85.6 Å². The number of nitrogen functional groups attached to an aromatic ring is 1. The van der Waals surface area contributed by atoms with Gasteiger partial charge in [-0.1, -0.05) is 0 Å². The number of aromatic nitrogens is 3. The maximum atomic E-state index is 11.6. The Morgan fingerprint density at radius 1 is 1.40 bits per heavy atom. The average Bonchev–Trinajstić information content (AvgIpc) is 2.71. The number of anilines is 2. The first-order valence-corrected chi connectivity index (χ1v) is 4.28. The number of carbonyl (C=O) groups excluding carboxylic acids is 1. The number of nitrogens with two attached hydrogens (primary N) is 1. The third kappa shape index (κ3) is 2.11. The molecule has 2 aromatic heterocycles. The maximum Gasteiger partial charge on any atom is 0.259 e. The zero-order valence-corrected chi connectivity index (χ0v) is 7.77. The Hall–Kier alpha value is -2.37. The first-order chi connectivity index (χ1) is 7.25. The van der Waals surface area contributed by atoms with E-state index in [1.54, 1.807) is 24.5 Å². The van der Waals surface area contributed by atoms with Crippen molar-refractivity contribution in [2.75, 3.05) is 11.1 Å². The zero-order valence-electron chi connectivity index (χ0n) is 7.77. The summed E-state index contributed by atoms with van der Waals surface area (Å²) in [6, 6.07) is 3.16. The van der Waals surface area contributed by atoms with Crippen LogP contribution in [-0.4, -0.2) is 20.9 Å². The lowest BCUT2D eigenvalue weighted by Crippen LogP contribution is -2.13. The van der Waals surface area contributed by atoms with Crippen LogP contribution < -0.4 is 11.1 Å². The molecule has 4 N–H and O–H groups in total. The minimum Gasteiger partial charge on any atom is -0.384 e. The number of amides is 1. The summed E-state index contributed by atoms with van der Waals surface area (Å²) in [5.74, 6) is 0.499. The summed E-state index contributed by atoms with van der Waals surface area (Å²) in [5, 5.41) is 2.57. The van der Waals surface area contributed by atoms with Gasteiger partial charge < -0.3 is 10.7 Å². The summed E-state index contributed by atoms with van der Waals surface area (Å²) in [6.07, 6.45) is 4.58. The summed E-state index contributed by atoms with van der Waals surface area (Å²) >= 11 is 0. The number of H-pyrrole nitrogens is 1. The highest BCUT2D eigenvalue weighted by Crippen LogP contribution is 2.04. The summed E-state index contributed by atoms with van der Waals surface area (Å²) in [5.41, 5.74) is 5.83. The van der Waals surface area contributed by atoms with E-state index in [1.165, 1.54) is 6.20 Å². The van der Waals surface area contributed by atoms with E-state index >= 15 is 0 Å². The largest absolute Gasteiger partial charge is 0.384 e. The van der Waals surface area contributed by atoms with Crippen molar-refractivity contribution in [3.8, 4) is 0 Å². The Kier molecular flexibility index (Phi) is 2.32. The van der Waals surface area contributed by atoms with Gasteiger partial charge in [-0.05, 0) is 12.1 Å². The molecule has 0 saturated carbocycles. The predicted molar refractivity (Wildman–Crippen MR) is 55.2 cm³/mol. The van der Waals surface area contributed by atoms with Gasteiger partial charge in [-0.3, -0.25) is 10.1 Å². The summed E-state index contributed by atoms with van der Waals surface area (Å²) in [4.78, 5) is 22.0. The summed E-state index contributed by atoms with van der Waals surface area (Å²) < 4.78 is 0. The van der Waals surface area contributed by atoms with Crippen molar-refractivity contribution in [3.63, 3.8) is 0 Å². The lowest BCUT2D eigenvalue weighted by Gasteiger charge is -2.01. The average molecular weight is 203 g/mol. The first-order valence-electron chi connectivity index (χ1n) is 4.28. The second-order valence-electron chi connectivity index (χ2n) is 2.86. The number of rotatable bonds is 2. The Morgan fingerprint density at radius 3 is 2.87 bits per heavy atom. The number of pyridine rings is 1. The molecule has 0 aliphatic carbocycles. The topological polar surface area (TPSA) is 96.7 Å². The summed E-state index contributed by atoms with van der Waals surface area (Å²) in [6.45, 7) is 0. The van der Waals surface area contributed by atoms with Gasteiger partial charge in [0.05, 0.1) is 5.56 Å². The Balaban J connectivity index is 2.11. The molecule has 0 aliphatic rings. The lowest BCUT2D eigenvalue weighted by molar-refractivity contribution is 0.102. The molecule has 76 valence electrons. The molecule has 0 saturated heterocycles. The fourth-order valence-electron chi connectivity index (χ4n) is 1.05. The molecule has 0 aromatic carbocycles. The van der Waals surface area contributed by atoms with Crippen molar-refractivity contribution in [2.24, 2.45) is 0 Å². The quantitative estimate of drug-likeness (QED) is 0.667. The van der Waals surface area contributed by atoms with Gasteiger partial charge in [0.25, 0.3) is 5.91 Å². The van der Waals surface area contributed by atoms with E-state index in [0.29, 0.717) is 17.3 Å². The molecule has 0 aliphatic heterocycles. The van der Waals surface area contributed by atoms with Crippen LogP contribution in [-0.2, 0) is 0 Å². The second-order valence-corrected chi connectivity index (χ2v) is 2.86. The van der Waals surface area contributed by atoms with Gasteiger partial charge >= 0.3 is 0 Å². The highest BCUT2D eigenvalue weighted by Gasteiger charge is 2.06. The fraction of sp³-hybridized carbons (Fsp3) is 0. The molecule has 6 nitrogen and oxygen atoms in total. The monoisotopic (exact) mass is 203 g/mol. The Bertz CT molecular complexity index is 448. The minimum absolute atomic E-state index is 0.280. The molecule has 2 rings (SSSR count). The van der Waals surface area contributed by atoms with Crippen LogP contribution in [0, 0.1) is 0 Å². The normalized spacial score (nSPS) is 9.87. The van der Waals surface area contributed by atoms with E-state index in [9.17, 15) is 4.79 Å². The molecule has 0 unspecified atom stereocenters. The third-order valence-electron chi connectivity index (χ3n) is 1.78. The molecule has 2 aromatic rings. The smallest absolute Gasteiger partial charge is 0.259 e. The second kappa shape index (κ2) is 3.79. The molecular weight excluding hydrogens is 194 g/mol. The maximum absolute atomic E-state index is 11.6. The molecule has 2 heterocycles. The number of aromatic amines is 1. The molecule has 0 bridgehead atoms. The number of nitrogens with zero attached hydrogens (tertiary/aromatic N) is 2. The van der Waals surface area contributed by atoms with Crippen LogP contribution in [0.2, 0.25) is 0 Å². The van der Waals surface area contributed by atoms with Crippen molar-refractivity contribution < 1.29 is 4.79 Å². The molecular formula is C9H9N5O. The van der Waals surface area contributed by atoms with E-state index in [1.807, 2.05) is 0 Å². The van der Waals surface area contributed by atoms with Gasteiger partial charge in [-0.25, -0.2) is 9.97 Å². The predicted octanol–water partition coefficient (Wildman–Crippen LogP) is 0.639. The molecule has 0 atom stereocenters. The minimum atomic E-state index is -0.280. The van der Waals surface area contributed by atoms with Crippen molar-refractivity contribution in [1.29, 1.82) is 0 Å². The van der Waals surface area contributed by atoms with Crippen molar-refractivity contribution in [2.45, 2.75) is 0 Å². The van der Waals surface area contributed by atoms with Crippen LogP contribution in [0.25, 0.3) is 0 Å². The van der Waals surface area contributed by atoms with E-state index in [4.69, 9.17) is 5.73 Å². The highest BCUT2D eigenvalue weighted by molar-refractivity contribution is 6.03. The Morgan fingerprint density at radius 2 is 2.27 bits per heavy atom. The highest BCUT2D eigenvalue weighted by atomic mass is 16.1. The molecule has 0 radical (unpaired) electrons. The van der Waals surface area contributed by atoms with Gasteiger partial charge in [0, 0.05) is 18.6 Å². The molecule has 0 fully saturated rings. The van der Waals surface area contributed by atoms with E-state index in [0.717, 1.165) is 0 Å². The van der Waals surface area contributed by atoms with Crippen LogP contribution in [0.3, 0.4) is 0 Å². The first kappa shape index (κ1) is 9.20. The summed E-state index contributed by atoms with van der Waals surface area (Å²) in [7, 11) is 0. The van der Waals surface area contributed by atoms with Crippen LogP contribution in [0.5, 0.6) is 0 Å². The van der Waals surface area contributed by atoms with Gasteiger partial charge in [0.15, 0.2) is 0 Å². The molecule has 1 amide bonds. The SMILES string of the molecule is Nc1ccc(C(=O)Nc2ncc[nH]2)cn1. The van der Waals surface area contributed by atoms with Gasteiger partial charge in [0.1, 0.15) is 5.82 Å². The lowest BCUT2D eigenvalue weighted by atomic mass is 10.2. The van der Waals surface area contributed by atoms with Crippen molar-refractivity contribution in [3.05, 3.63) is 36.3 Å². The molecule has 0 spiro atoms. The van der Waals surface area contributed by atoms with Gasteiger partial charge in [-0.2, -0.15) is 0 Å². The van der Waals surface area contributed by atoms with Crippen molar-refractivity contribution in [1.82, 2.24) is 15.0 Å². The van der Waals surface area contributed by atoms with Crippen LogP contribution in [0.4, 0.5) is 11.8 Å². The number of hydrogen-bond donors (Lipinski definition) is 3. The molecule has 15 heavy (non-hydrogen) atoms. The van der Waals surface area contributed by atoms with Gasteiger partial charge in [-0.15, -0.1) is 0 Å². The van der Waals surface area contributed by atoms with E-state index in [-0.39, 0.29) is 5.91 Å². The van der Waals surface area contributed by atoms with Crippen LogP contribution >= 0.6 is 0 Å². The van der Waals surface area contributed by atoms with Crippen LogP contribution in [0.1, 0.15) is 10.4 Å². The van der Waals surface area contributed by atoms with Gasteiger partial charge in [0.2, 0.25) is 5.95 Å². The number of imidazole rings is 1. The number of hydrogen-bond acceptors (Lipinski definition) is 4. The number of carbonyl (C=O) groups is 1. The van der Waals surface area contributed by atoms with Crippen molar-refractivity contribution >= 4 is 17.7 Å². The number of nitrogens with one attached hydrogen (secondary N) is 2. The van der Waals surface area contributed by atoms with E-state index < -0.39 is 0 Å². The standard InChI is InChI=1S/C9H9N5O/c10-7-2-1-6(5-13-7)8(15)14-9-11-3-4-12-9/h1-5H,(H2,10,13)(H2,11,12,14,15). The fourth-order valence-corrected chi connectivity index (χ4v) is 1.05. The molecule has 6 heteroatoms.